The second-order valence-electron chi connectivity index (χ2n) is 6.60. The quantitative estimate of drug-likeness (QED) is 0.619. The Morgan fingerprint density at radius 2 is 1.90 bits per heavy atom. The summed E-state index contributed by atoms with van der Waals surface area (Å²) in [6, 6.07) is 7.87. The van der Waals surface area contributed by atoms with Crippen LogP contribution in [0.4, 0.5) is 13.2 Å². The van der Waals surface area contributed by atoms with Crippen molar-refractivity contribution in [2.75, 3.05) is 13.2 Å². The van der Waals surface area contributed by atoms with Crippen LogP contribution < -0.4 is 14.8 Å². The molecule has 0 saturated carbocycles. The summed E-state index contributed by atoms with van der Waals surface area (Å²) in [6.07, 6.45) is -3.31. The molecule has 164 valence electrons. The Bertz CT molecular complexity index is 995. The van der Waals surface area contributed by atoms with Gasteiger partial charge < -0.3 is 10.1 Å². The lowest BCUT2D eigenvalue weighted by Gasteiger charge is -2.11. The Morgan fingerprint density at radius 1 is 1.17 bits per heavy atom. The average Bonchev–Trinajstić information content (AvgIpc) is 2.66. The zero-order valence-corrected chi connectivity index (χ0v) is 17.2. The van der Waals surface area contributed by atoms with Crippen molar-refractivity contribution in [3.63, 3.8) is 0 Å². The lowest BCUT2D eigenvalue weighted by Crippen LogP contribution is -2.31. The molecule has 0 fully saturated rings. The van der Waals surface area contributed by atoms with Crippen molar-refractivity contribution in [3.8, 4) is 5.88 Å². The van der Waals surface area contributed by atoms with Crippen LogP contribution in [0, 0.1) is 13.8 Å². The number of alkyl halides is 3. The van der Waals surface area contributed by atoms with Crippen LogP contribution in [-0.4, -0.2) is 38.6 Å². The molecule has 0 bridgehead atoms. The third kappa shape index (κ3) is 7.64. The summed E-state index contributed by atoms with van der Waals surface area (Å²) in [5, 5.41) is 2.57. The Labute approximate surface area is 172 Å². The number of aromatic nitrogens is 1. The molecule has 0 aliphatic carbocycles. The third-order valence-corrected chi connectivity index (χ3v) is 5.55. The summed E-state index contributed by atoms with van der Waals surface area (Å²) in [5.74, 6) is -0.631. The maximum atomic E-state index is 12.4. The molecule has 0 aliphatic rings. The van der Waals surface area contributed by atoms with Gasteiger partial charge in [-0.15, -0.1) is 0 Å². The fourth-order valence-electron chi connectivity index (χ4n) is 2.46. The van der Waals surface area contributed by atoms with Crippen LogP contribution in [0.1, 0.15) is 23.1 Å². The lowest BCUT2D eigenvalue weighted by atomic mass is 10.2. The predicted molar refractivity (Wildman–Crippen MR) is 103 cm³/mol. The van der Waals surface area contributed by atoms with Crippen molar-refractivity contribution in [2.24, 2.45) is 0 Å². The maximum absolute atomic E-state index is 12.4. The highest BCUT2D eigenvalue weighted by Crippen LogP contribution is 2.18. The first kappa shape index (κ1) is 23.6. The molecule has 2 aromatic rings. The molecule has 0 aliphatic heterocycles. The van der Waals surface area contributed by atoms with Crippen molar-refractivity contribution < 1.29 is 31.1 Å². The van der Waals surface area contributed by atoms with Crippen LogP contribution in [0.2, 0.25) is 0 Å². The number of nitrogens with one attached hydrogen (secondary N) is 2. The SMILES string of the molecule is Cc1ccc(C)c(S(=O)(=O)NCCC(=O)NCc2ccnc(OCC(F)(F)F)c2)c1. The molecular formula is C19H22F3N3O4S. The molecule has 30 heavy (non-hydrogen) atoms. The molecule has 7 nitrogen and oxygen atoms in total. The van der Waals surface area contributed by atoms with E-state index in [4.69, 9.17) is 0 Å². The van der Waals surface area contributed by atoms with Gasteiger partial charge in [0.25, 0.3) is 0 Å². The summed E-state index contributed by atoms with van der Waals surface area (Å²) in [6.45, 7) is 1.94. The summed E-state index contributed by atoms with van der Waals surface area (Å²) in [5.41, 5.74) is 1.89. The van der Waals surface area contributed by atoms with Gasteiger partial charge in [-0.1, -0.05) is 12.1 Å². The third-order valence-electron chi connectivity index (χ3n) is 3.95. The number of halogens is 3. The van der Waals surface area contributed by atoms with E-state index in [1.54, 1.807) is 32.0 Å². The van der Waals surface area contributed by atoms with Gasteiger partial charge in [0.05, 0.1) is 4.90 Å². The number of carbonyl (C=O) groups is 1. The van der Waals surface area contributed by atoms with Gasteiger partial charge in [0, 0.05) is 31.8 Å². The average molecular weight is 445 g/mol. The van der Waals surface area contributed by atoms with E-state index in [9.17, 15) is 26.4 Å². The minimum atomic E-state index is -4.48. The zero-order chi connectivity index (χ0) is 22.4. The minimum Gasteiger partial charge on any atom is -0.468 e. The van der Waals surface area contributed by atoms with Crippen LogP contribution in [0.3, 0.4) is 0 Å². The molecule has 0 saturated heterocycles. The molecule has 2 N–H and O–H groups in total. The van der Waals surface area contributed by atoms with Gasteiger partial charge in [0.2, 0.25) is 21.8 Å². The number of ether oxygens (including phenoxy) is 1. The maximum Gasteiger partial charge on any atom is 0.422 e. The fraction of sp³-hybridized carbons (Fsp3) is 0.368. The second-order valence-corrected chi connectivity index (χ2v) is 8.34. The highest BCUT2D eigenvalue weighted by molar-refractivity contribution is 7.89. The predicted octanol–water partition coefficient (Wildman–Crippen LogP) is 2.62. The van der Waals surface area contributed by atoms with E-state index in [1.165, 1.54) is 18.3 Å². The van der Waals surface area contributed by atoms with Crippen LogP contribution in [0.25, 0.3) is 0 Å². The number of hydrogen-bond acceptors (Lipinski definition) is 5. The van der Waals surface area contributed by atoms with Crippen molar-refractivity contribution in [1.29, 1.82) is 0 Å². The van der Waals surface area contributed by atoms with Gasteiger partial charge in [-0.25, -0.2) is 18.1 Å². The van der Waals surface area contributed by atoms with E-state index < -0.39 is 28.7 Å². The highest BCUT2D eigenvalue weighted by Gasteiger charge is 2.28. The van der Waals surface area contributed by atoms with Crippen molar-refractivity contribution >= 4 is 15.9 Å². The number of carbonyl (C=O) groups excluding carboxylic acids is 1. The standard InChI is InChI=1S/C19H22F3N3O4S/c1-13-3-4-14(2)16(9-13)30(27,28)25-8-6-17(26)24-11-15-5-7-23-18(10-15)29-12-19(20,21)22/h3-5,7,9-10,25H,6,8,11-12H2,1-2H3,(H,24,26). The van der Waals surface area contributed by atoms with Gasteiger partial charge in [0.1, 0.15) is 0 Å². The van der Waals surface area contributed by atoms with E-state index in [0.717, 1.165) is 5.56 Å². The van der Waals surface area contributed by atoms with Crippen LogP contribution in [0.5, 0.6) is 5.88 Å². The molecule has 0 atom stereocenters. The summed E-state index contributed by atoms with van der Waals surface area (Å²) in [4.78, 5) is 15.8. The summed E-state index contributed by atoms with van der Waals surface area (Å²) >= 11 is 0. The van der Waals surface area contributed by atoms with Crippen LogP contribution in [-0.2, 0) is 21.4 Å². The number of aryl methyl sites for hydroxylation is 2. The van der Waals surface area contributed by atoms with E-state index in [-0.39, 0.29) is 30.3 Å². The topological polar surface area (TPSA) is 97.4 Å². The Balaban J connectivity index is 1.82. The summed E-state index contributed by atoms with van der Waals surface area (Å²) < 4.78 is 68.3. The number of sulfonamides is 1. The van der Waals surface area contributed by atoms with Gasteiger partial charge in [0.15, 0.2) is 6.61 Å². The largest absolute Gasteiger partial charge is 0.468 e. The first-order valence-electron chi connectivity index (χ1n) is 8.94. The van der Waals surface area contributed by atoms with E-state index in [0.29, 0.717) is 11.1 Å². The number of benzene rings is 1. The molecule has 1 heterocycles. The number of rotatable bonds is 9. The first-order chi connectivity index (χ1) is 14.0. The molecule has 1 aromatic heterocycles. The number of pyridine rings is 1. The number of hydrogen-bond donors (Lipinski definition) is 2. The molecule has 0 unspecified atom stereocenters. The molecule has 1 amide bonds. The van der Waals surface area contributed by atoms with E-state index in [2.05, 4.69) is 19.8 Å². The van der Waals surface area contributed by atoms with Gasteiger partial charge >= 0.3 is 6.18 Å². The van der Waals surface area contributed by atoms with E-state index in [1.807, 2.05) is 0 Å². The molecule has 0 spiro atoms. The van der Waals surface area contributed by atoms with Crippen LogP contribution in [0.15, 0.2) is 41.4 Å². The smallest absolute Gasteiger partial charge is 0.422 e. The normalized spacial score (nSPS) is 11.9. The second kappa shape index (κ2) is 9.90. The molecule has 2 rings (SSSR count). The molecule has 11 heteroatoms. The van der Waals surface area contributed by atoms with Crippen molar-refractivity contribution in [3.05, 3.63) is 53.2 Å². The van der Waals surface area contributed by atoms with Gasteiger partial charge in [-0.3, -0.25) is 4.79 Å². The van der Waals surface area contributed by atoms with Crippen molar-refractivity contribution in [2.45, 2.75) is 37.9 Å². The molecular weight excluding hydrogens is 423 g/mol. The molecule has 0 radical (unpaired) electrons. The first-order valence-corrected chi connectivity index (χ1v) is 10.4. The van der Waals surface area contributed by atoms with Crippen molar-refractivity contribution in [1.82, 2.24) is 15.0 Å². The minimum absolute atomic E-state index is 0.0352. The van der Waals surface area contributed by atoms with Gasteiger partial charge in [-0.2, -0.15) is 13.2 Å². The zero-order valence-electron chi connectivity index (χ0n) is 16.4. The fourth-order valence-corrected chi connectivity index (χ4v) is 3.82. The number of nitrogens with zero attached hydrogens (tertiary/aromatic N) is 1. The van der Waals surface area contributed by atoms with Gasteiger partial charge in [-0.05, 0) is 42.7 Å². The highest BCUT2D eigenvalue weighted by atomic mass is 32.2. The number of amides is 1. The molecule has 1 aromatic carbocycles. The van der Waals surface area contributed by atoms with E-state index >= 15 is 0 Å². The monoisotopic (exact) mass is 445 g/mol. The lowest BCUT2D eigenvalue weighted by molar-refractivity contribution is -0.154. The Kier molecular flexibility index (Phi) is 7.79. The Morgan fingerprint density at radius 3 is 2.60 bits per heavy atom. The van der Waals surface area contributed by atoms with Crippen LogP contribution >= 0.6 is 0 Å². The Hall–Kier alpha value is -2.66. The summed E-state index contributed by atoms with van der Waals surface area (Å²) in [7, 11) is -3.75.